The SMILES string of the molecule is C[C@H](CCC(=O)N(C)C)[C@H]1CC[C@H]2[C@@H]3CC=C4C[C@@H](OC(=O)N5CCOCC5)CC[C@]4(C)[C@H]3CC[C@]12C. The third-order valence-corrected chi connectivity index (χ3v) is 11.7. The van der Waals surface area contributed by atoms with Gasteiger partial charge in [-0.05, 0) is 91.8 Å². The zero-order valence-electron chi connectivity index (χ0n) is 24.0. The number of morpholine rings is 1. The number of ether oxygens (including phenoxy) is 2. The summed E-state index contributed by atoms with van der Waals surface area (Å²) in [5.41, 5.74) is 2.23. The third kappa shape index (κ3) is 4.96. The summed E-state index contributed by atoms with van der Waals surface area (Å²) < 4.78 is 11.4. The highest BCUT2D eigenvalue weighted by Gasteiger charge is 2.59. The van der Waals surface area contributed by atoms with Gasteiger partial charge in [-0.2, -0.15) is 0 Å². The molecule has 0 N–H and O–H groups in total. The summed E-state index contributed by atoms with van der Waals surface area (Å²) in [6.07, 6.45) is 13.7. The third-order valence-electron chi connectivity index (χ3n) is 11.7. The highest BCUT2D eigenvalue weighted by molar-refractivity contribution is 5.75. The van der Waals surface area contributed by atoms with Crippen molar-refractivity contribution in [1.82, 2.24) is 9.80 Å². The summed E-state index contributed by atoms with van der Waals surface area (Å²) in [4.78, 5) is 28.5. The van der Waals surface area contributed by atoms with Gasteiger partial charge < -0.3 is 19.3 Å². The zero-order valence-corrected chi connectivity index (χ0v) is 24.0. The molecule has 0 aromatic heterocycles. The highest BCUT2D eigenvalue weighted by atomic mass is 16.6. The van der Waals surface area contributed by atoms with E-state index in [2.05, 4.69) is 26.8 Å². The van der Waals surface area contributed by atoms with Gasteiger partial charge in [0.25, 0.3) is 0 Å². The molecule has 3 saturated carbocycles. The summed E-state index contributed by atoms with van der Waals surface area (Å²) in [5.74, 6) is 3.94. The second-order valence-corrected chi connectivity index (χ2v) is 13.6. The molecule has 0 spiro atoms. The molecule has 5 rings (SSSR count). The van der Waals surface area contributed by atoms with E-state index in [0.717, 1.165) is 49.4 Å². The number of nitrogens with zero attached hydrogens (tertiary/aromatic N) is 2. The molecule has 0 unspecified atom stereocenters. The molecular weight excluding hydrogens is 464 g/mol. The summed E-state index contributed by atoms with van der Waals surface area (Å²) in [6, 6.07) is 0. The topological polar surface area (TPSA) is 59.1 Å². The zero-order chi connectivity index (χ0) is 26.4. The Morgan fingerprint density at radius 2 is 1.86 bits per heavy atom. The van der Waals surface area contributed by atoms with Gasteiger partial charge >= 0.3 is 6.09 Å². The quantitative estimate of drug-likeness (QED) is 0.428. The van der Waals surface area contributed by atoms with E-state index in [0.29, 0.717) is 44.1 Å². The fourth-order valence-electron chi connectivity index (χ4n) is 9.44. The smallest absolute Gasteiger partial charge is 0.410 e. The van der Waals surface area contributed by atoms with E-state index >= 15 is 0 Å². The first-order chi connectivity index (χ1) is 17.6. The van der Waals surface area contributed by atoms with Crippen LogP contribution in [0, 0.1) is 40.4 Å². The molecule has 4 aliphatic carbocycles. The minimum absolute atomic E-state index is 0.0154. The number of amides is 2. The fourth-order valence-corrected chi connectivity index (χ4v) is 9.44. The molecule has 1 aliphatic heterocycles. The van der Waals surface area contributed by atoms with Crippen molar-refractivity contribution in [1.29, 1.82) is 0 Å². The molecule has 5 aliphatic rings. The predicted molar refractivity (Wildman–Crippen MR) is 145 cm³/mol. The van der Waals surface area contributed by atoms with Gasteiger partial charge in [0.05, 0.1) is 13.2 Å². The molecule has 0 aromatic carbocycles. The van der Waals surface area contributed by atoms with Gasteiger partial charge in [-0.15, -0.1) is 0 Å². The maximum atomic E-state index is 12.7. The lowest BCUT2D eigenvalue weighted by molar-refractivity contribution is -0.129. The van der Waals surface area contributed by atoms with E-state index in [1.165, 1.54) is 32.1 Å². The summed E-state index contributed by atoms with van der Waals surface area (Å²) in [5, 5.41) is 0. The van der Waals surface area contributed by atoms with Crippen LogP contribution in [0.15, 0.2) is 11.6 Å². The highest BCUT2D eigenvalue weighted by Crippen LogP contribution is 2.67. The first kappa shape index (κ1) is 27.0. The number of hydrogen-bond acceptors (Lipinski definition) is 4. The Morgan fingerprint density at radius 1 is 1.11 bits per heavy atom. The van der Waals surface area contributed by atoms with Crippen molar-refractivity contribution in [3.63, 3.8) is 0 Å². The van der Waals surface area contributed by atoms with E-state index in [1.54, 1.807) is 15.4 Å². The second-order valence-electron chi connectivity index (χ2n) is 13.6. The summed E-state index contributed by atoms with van der Waals surface area (Å²) in [6.45, 7) is 10.0. The Balaban J connectivity index is 1.23. The minimum atomic E-state index is -0.155. The molecule has 1 heterocycles. The van der Waals surface area contributed by atoms with Crippen molar-refractivity contribution in [2.24, 2.45) is 40.4 Å². The van der Waals surface area contributed by atoms with Crippen molar-refractivity contribution in [2.45, 2.75) is 91.1 Å². The van der Waals surface area contributed by atoms with Crippen LogP contribution in [0.2, 0.25) is 0 Å². The Kier molecular flexibility index (Phi) is 7.70. The lowest BCUT2D eigenvalue weighted by atomic mass is 9.47. The normalized spacial score (nSPS) is 40.1. The van der Waals surface area contributed by atoms with Crippen LogP contribution in [0.3, 0.4) is 0 Å². The molecule has 0 bridgehead atoms. The minimum Gasteiger partial charge on any atom is -0.446 e. The molecule has 6 heteroatoms. The first-order valence-electron chi connectivity index (χ1n) is 15.1. The van der Waals surface area contributed by atoms with Crippen molar-refractivity contribution >= 4 is 12.0 Å². The Bertz CT molecular complexity index is 896. The van der Waals surface area contributed by atoms with Crippen molar-refractivity contribution in [2.75, 3.05) is 40.4 Å². The lowest BCUT2D eigenvalue weighted by Gasteiger charge is -2.58. The monoisotopic (exact) mass is 514 g/mol. The molecule has 0 aromatic rings. The number of carbonyl (C=O) groups excluding carboxylic acids is 2. The van der Waals surface area contributed by atoms with Crippen LogP contribution in [0.1, 0.15) is 85.0 Å². The number of hydrogen-bond donors (Lipinski definition) is 0. The standard InChI is InChI=1S/C31H50N2O4/c1-21(6-11-28(34)32(4)5)25-9-10-26-24-8-7-22-20-23(37-29(35)33-16-18-36-19-17-33)12-14-30(22,2)27(24)13-15-31(25,26)3/h7,21,23-27H,6,8-20H2,1-5H3/t21-,23+,24+,25-,26+,27+,30+,31-/m1/s1. The van der Waals surface area contributed by atoms with Crippen LogP contribution in [-0.2, 0) is 14.3 Å². The van der Waals surface area contributed by atoms with E-state index in [-0.39, 0.29) is 23.5 Å². The number of fused-ring (bicyclic) bond motifs is 5. The van der Waals surface area contributed by atoms with Crippen LogP contribution >= 0.6 is 0 Å². The maximum Gasteiger partial charge on any atom is 0.410 e. The van der Waals surface area contributed by atoms with Crippen LogP contribution < -0.4 is 0 Å². The van der Waals surface area contributed by atoms with Gasteiger partial charge in [-0.3, -0.25) is 4.79 Å². The molecule has 6 nitrogen and oxygen atoms in total. The van der Waals surface area contributed by atoms with Crippen LogP contribution in [-0.4, -0.2) is 68.3 Å². The number of carbonyl (C=O) groups is 2. The van der Waals surface area contributed by atoms with E-state index in [9.17, 15) is 9.59 Å². The van der Waals surface area contributed by atoms with Crippen molar-refractivity contribution in [3.8, 4) is 0 Å². The lowest BCUT2D eigenvalue weighted by Crippen LogP contribution is -2.51. The van der Waals surface area contributed by atoms with Crippen LogP contribution in [0.5, 0.6) is 0 Å². The molecule has 37 heavy (non-hydrogen) atoms. The summed E-state index contributed by atoms with van der Waals surface area (Å²) in [7, 11) is 3.74. The fraction of sp³-hybridized carbons (Fsp3) is 0.871. The molecule has 0 radical (unpaired) electrons. The molecule has 208 valence electrons. The number of allylic oxidation sites excluding steroid dienone is 1. The average molecular weight is 515 g/mol. The Hall–Kier alpha value is -1.56. The average Bonchev–Trinajstić information content (AvgIpc) is 3.25. The van der Waals surface area contributed by atoms with Crippen molar-refractivity contribution < 1.29 is 19.1 Å². The van der Waals surface area contributed by atoms with E-state index < -0.39 is 0 Å². The van der Waals surface area contributed by atoms with Gasteiger partial charge in [-0.1, -0.05) is 32.4 Å². The van der Waals surface area contributed by atoms with Gasteiger partial charge in [-0.25, -0.2) is 4.79 Å². The van der Waals surface area contributed by atoms with Crippen LogP contribution in [0.4, 0.5) is 4.79 Å². The summed E-state index contributed by atoms with van der Waals surface area (Å²) >= 11 is 0. The van der Waals surface area contributed by atoms with Gasteiger partial charge in [0.1, 0.15) is 6.10 Å². The van der Waals surface area contributed by atoms with Gasteiger partial charge in [0.15, 0.2) is 0 Å². The van der Waals surface area contributed by atoms with Crippen LogP contribution in [0.25, 0.3) is 0 Å². The Morgan fingerprint density at radius 3 is 2.59 bits per heavy atom. The molecule has 2 amide bonds. The first-order valence-corrected chi connectivity index (χ1v) is 15.1. The largest absolute Gasteiger partial charge is 0.446 e. The van der Waals surface area contributed by atoms with Crippen molar-refractivity contribution in [3.05, 3.63) is 11.6 Å². The second kappa shape index (κ2) is 10.5. The molecular formula is C31H50N2O4. The Labute approximate surface area is 224 Å². The van der Waals surface area contributed by atoms with E-state index in [4.69, 9.17) is 9.47 Å². The number of rotatable bonds is 5. The van der Waals surface area contributed by atoms with Gasteiger partial charge in [0.2, 0.25) is 5.91 Å². The molecule has 4 fully saturated rings. The van der Waals surface area contributed by atoms with Gasteiger partial charge in [0, 0.05) is 40.0 Å². The van der Waals surface area contributed by atoms with E-state index in [1.807, 2.05) is 14.1 Å². The molecule has 8 atom stereocenters. The maximum absolute atomic E-state index is 12.7. The predicted octanol–water partition coefficient (Wildman–Crippen LogP) is 5.91. The molecule has 1 saturated heterocycles.